The molecule has 1 aliphatic rings. The standard InChI is InChI=1S/C11H17ClN4O/c1-7-9(12)6-14-16(7)5-4-10(11(13)17)15-8-2-3-8/h6,8,10,15H,2-5H2,1H3,(H2,13,17). The number of rotatable bonds is 6. The molecule has 6 heteroatoms. The highest BCUT2D eigenvalue weighted by molar-refractivity contribution is 6.31. The Morgan fingerprint density at radius 3 is 2.94 bits per heavy atom. The van der Waals surface area contributed by atoms with Gasteiger partial charge in [-0.15, -0.1) is 0 Å². The molecule has 0 aliphatic heterocycles. The van der Waals surface area contributed by atoms with Crippen LogP contribution < -0.4 is 11.1 Å². The molecule has 0 aromatic carbocycles. The second-order valence-electron chi connectivity index (χ2n) is 4.49. The fourth-order valence-electron chi connectivity index (χ4n) is 1.74. The lowest BCUT2D eigenvalue weighted by Crippen LogP contribution is -2.43. The molecule has 1 fully saturated rings. The predicted octanol–water partition coefficient (Wildman–Crippen LogP) is 0.841. The normalized spacial score (nSPS) is 17.1. The molecule has 0 spiro atoms. The van der Waals surface area contributed by atoms with Crippen LogP contribution in [0.4, 0.5) is 0 Å². The minimum Gasteiger partial charge on any atom is -0.368 e. The Balaban J connectivity index is 1.90. The monoisotopic (exact) mass is 256 g/mol. The molecule has 1 saturated carbocycles. The van der Waals surface area contributed by atoms with E-state index in [4.69, 9.17) is 17.3 Å². The molecule has 1 aromatic rings. The summed E-state index contributed by atoms with van der Waals surface area (Å²) in [5.41, 5.74) is 6.28. The number of nitrogens with two attached hydrogens (primary N) is 1. The second kappa shape index (κ2) is 5.06. The first-order chi connectivity index (χ1) is 8.08. The predicted molar refractivity (Wildman–Crippen MR) is 65.7 cm³/mol. The van der Waals surface area contributed by atoms with Crippen molar-refractivity contribution in [3.63, 3.8) is 0 Å². The van der Waals surface area contributed by atoms with E-state index in [1.165, 1.54) is 0 Å². The van der Waals surface area contributed by atoms with Crippen molar-refractivity contribution in [2.75, 3.05) is 0 Å². The fraction of sp³-hybridized carbons (Fsp3) is 0.636. The molecule has 17 heavy (non-hydrogen) atoms. The number of amides is 1. The molecule has 1 unspecified atom stereocenters. The van der Waals surface area contributed by atoms with Crippen molar-refractivity contribution in [1.82, 2.24) is 15.1 Å². The Morgan fingerprint density at radius 2 is 2.47 bits per heavy atom. The van der Waals surface area contributed by atoms with Crippen molar-refractivity contribution in [3.05, 3.63) is 16.9 Å². The van der Waals surface area contributed by atoms with Gasteiger partial charge in [0.05, 0.1) is 23.0 Å². The number of carbonyl (C=O) groups is 1. The zero-order valence-electron chi connectivity index (χ0n) is 9.82. The number of carbonyl (C=O) groups excluding carboxylic acids is 1. The number of aromatic nitrogens is 2. The van der Waals surface area contributed by atoms with Gasteiger partial charge in [-0.1, -0.05) is 11.6 Å². The van der Waals surface area contributed by atoms with Gasteiger partial charge in [-0.05, 0) is 26.2 Å². The van der Waals surface area contributed by atoms with Crippen molar-refractivity contribution in [2.45, 2.75) is 44.8 Å². The average Bonchev–Trinajstić information content (AvgIpc) is 3.04. The number of aryl methyl sites for hydroxylation is 1. The molecule has 94 valence electrons. The van der Waals surface area contributed by atoms with Crippen LogP contribution in [0.3, 0.4) is 0 Å². The Bertz CT molecular complexity index is 414. The number of nitrogens with zero attached hydrogens (tertiary/aromatic N) is 2. The Labute approximate surface area is 105 Å². The van der Waals surface area contributed by atoms with Gasteiger partial charge in [-0.25, -0.2) is 0 Å². The highest BCUT2D eigenvalue weighted by Gasteiger charge is 2.27. The summed E-state index contributed by atoms with van der Waals surface area (Å²) in [5, 5.41) is 8.03. The van der Waals surface area contributed by atoms with Crippen molar-refractivity contribution < 1.29 is 4.79 Å². The maximum Gasteiger partial charge on any atom is 0.234 e. The van der Waals surface area contributed by atoms with Crippen LogP contribution in [0.2, 0.25) is 5.02 Å². The molecule has 0 bridgehead atoms. The van der Waals surface area contributed by atoms with E-state index >= 15 is 0 Å². The van der Waals surface area contributed by atoms with E-state index in [1.807, 2.05) is 6.92 Å². The van der Waals surface area contributed by atoms with Gasteiger partial charge >= 0.3 is 0 Å². The molecular formula is C11H17ClN4O. The van der Waals surface area contributed by atoms with Crippen molar-refractivity contribution in [1.29, 1.82) is 0 Å². The SMILES string of the molecule is Cc1c(Cl)cnn1CCC(NC1CC1)C(N)=O. The van der Waals surface area contributed by atoms with E-state index in [9.17, 15) is 4.79 Å². The Kier molecular flexibility index (Phi) is 3.69. The van der Waals surface area contributed by atoms with Gasteiger partial charge in [-0.3, -0.25) is 9.48 Å². The molecule has 5 nitrogen and oxygen atoms in total. The second-order valence-corrected chi connectivity index (χ2v) is 4.89. The highest BCUT2D eigenvalue weighted by atomic mass is 35.5. The zero-order valence-corrected chi connectivity index (χ0v) is 10.6. The fourth-order valence-corrected chi connectivity index (χ4v) is 1.88. The Hall–Kier alpha value is -1.07. The minimum atomic E-state index is -0.298. The van der Waals surface area contributed by atoms with E-state index in [-0.39, 0.29) is 11.9 Å². The summed E-state index contributed by atoms with van der Waals surface area (Å²) in [5.74, 6) is -0.298. The lowest BCUT2D eigenvalue weighted by atomic mass is 10.2. The summed E-state index contributed by atoms with van der Waals surface area (Å²) >= 11 is 5.91. The van der Waals surface area contributed by atoms with Crippen LogP contribution in [0, 0.1) is 6.92 Å². The van der Waals surface area contributed by atoms with E-state index in [0.29, 0.717) is 24.0 Å². The van der Waals surface area contributed by atoms with Gasteiger partial charge in [0.2, 0.25) is 5.91 Å². The summed E-state index contributed by atoms with van der Waals surface area (Å²) in [6, 6.07) is 0.194. The van der Waals surface area contributed by atoms with Gasteiger partial charge in [0.15, 0.2) is 0 Å². The highest BCUT2D eigenvalue weighted by Crippen LogP contribution is 2.20. The third-order valence-corrected chi connectivity index (χ3v) is 3.40. The molecule has 1 atom stereocenters. The first-order valence-electron chi connectivity index (χ1n) is 5.81. The summed E-state index contributed by atoms with van der Waals surface area (Å²) in [4.78, 5) is 11.3. The topological polar surface area (TPSA) is 72.9 Å². The van der Waals surface area contributed by atoms with E-state index in [2.05, 4.69) is 10.4 Å². The van der Waals surface area contributed by atoms with Crippen molar-refractivity contribution in [3.8, 4) is 0 Å². The van der Waals surface area contributed by atoms with Gasteiger partial charge in [-0.2, -0.15) is 5.10 Å². The molecule has 1 amide bonds. The van der Waals surface area contributed by atoms with Crippen LogP contribution in [0.25, 0.3) is 0 Å². The number of halogens is 1. The van der Waals surface area contributed by atoms with Crippen LogP contribution in [0.5, 0.6) is 0 Å². The molecule has 1 aromatic heterocycles. The number of hydrogen-bond acceptors (Lipinski definition) is 3. The van der Waals surface area contributed by atoms with Crippen LogP contribution in [0.15, 0.2) is 6.20 Å². The van der Waals surface area contributed by atoms with E-state index < -0.39 is 0 Å². The summed E-state index contributed by atoms with van der Waals surface area (Å²) < 4.78 is 1.80. The first-order valence-corrected chi connectivity index (χ1v) is 6.19. The van der Waals surface area contributed by atoms with E-state index in [0.717, 1.165) is 18.5 Å². The van der Waals surface area contributed by atoms with Gasteiger partial charge in [0.25, 0.3) is 0 Å². The number of primary amides is 1. The van der Waals surface area contributed by atoms with Crippen LogP contribution in [-0.2, 0) is 11.3 Å². The third kappa shape index (κ3) is 3.20. The van der Waals surface area contributed by atoms with Gasteiger partial charge in [0.1, 0.15) is 0 Å². The Morgan fingerprint density at radius 1 is 1.76 bits per heavy atom. The lowest BCUT2D eigenvalue weighted by Gasteiger charge is -2.15. The average molecular weight is 257 g/mol. The van der Waals surface area contributed by atoms with Crippen LogP contribution >= 0.6 is 11.6 Å². The quantitative estimate of drug-likeness (QED) is 0.792. The third-order valence-electron chi connectivity index (χ3n) is 3.03. The van der Waals surface area contributed by atoms with Crippen molar-refractivity contribution in [2.24, 2.45) is 5.73 Å². The summed E-state index contributed by atoms with van der Waals surface area (Å²) in [7, 11) is 0. The molecule has 3 N–H and O–H groups in total. The summed E-state index contributed by atoms with van der Waals surface area (Å²) in [6.45, 7) is 2.55. The zero-order chi connectivity index (χ0) is 12.4. The number of hydrogen-bond donors (Lipinski definition) is 2. The van der Waals surface area contributed by atoms with Gasteiger partial charge < -0.3 is 11.1 Å². The lowest BCUT2D eigenvalue weighted by molar-refractivity contribution is -0.120. The minimum absolute atomic E-state index is 0.273. The van der Waals surface area contributed by atoms with Gasteiger partial charge in [0, 0.05) is 12.6 Å². The largest absolute Gasteiger partial charge is 0.368 e. The summed E-state index contributed by atoms with van der Waals surface area (Å²) in [6.07, 6.45) is 4.53. The molecule has 1 heterocycles. The van der Waals surface area contributed by atoms with Crippen LogP contribution in [0.1, 0.15) is 25.0 Å². The molecule has 0 saturated heterocycles. The smallest absolute Gasteiger partial charge is 0.234 e. The molecule has 2 rings (SSSR count). The van der Waals surface area contributed by atoms with E-state index in [1.54, 1.807) is 10.9 Å². The number of nitrogens with one attached hydrogen (secondary N) is 1. The van der Waals surface area contributed by atoms with Crippen molar-refractivity contribution >= 4 is 17.5 Å². The molecule has 0 radical (unpaired) electrons. The molecule has 1 aliphatic carbocycles. The first kappa shape index (κ1) is 12.4. The molecular weight excluding hydrogens is 240 g/mol. The maximum atomic E-state index is 11.3. The maximum absolute atomic E-state index is 11.3. The van der Waals surface area contributed by atoms with Crippen LogP contribution in [-0.4, -0.2) is 27.8 Å².